The van der Waals surface area contributed by atoms with Crippen LogP contribution in [0.15, 0.2) is 10.2 Å². The third-order valence-corrected chi connectivity index (χ3v) is 4.69. The van der Waals surface area contributed by atoms with E-state index in [-0.39, 0.29) is 17.7 Å². The van der Waals surface area contributed by atoms with Crippen LogP contribution >= 0.6 is 11.8 Å². The van der Waals surface area contributed by atoms with Crippen molar-refractivity contribution >= 4 is 17.9 Å². The molecule has 1 rings (SSSR count). The smallest absolute Gasteiger partial charge is 0.409 e. The lowest BCUT2D eigenvalue weighted by atomic mass is 9.99. The van der Waals surface area contributed by atoms with Crippen LogP contribution < -0.4 is 5.32 Å². The number of nitrogens with zero attached hydrogens (tertiary/aromatic N) is 2. The van der Waals surface area contributed by atoms with Crippen LogP contribution in [-0.4, -0.2) is 34.9 Å². The van der Waals surface area contributed by atoms with E-state index >= 15 is 0 Å². The van der Waals surface area contributed by atoms with Crippen LogP contribution in [0.5, 0.6) is 0 Å². The summed E-state index contributed by atoms with van der Waals surface area (Å²) in [5, 5.41) is 12.0. The number of nitrogens with one attached hydrogen (secondary N) is 1. The molecule has 0 spiro atoms. The molecule has 1 N–H and O–H groups in total. The Balaban J connectivity index is 2.76. The van der Waals surface area contributed by atoms with E-state index in [1.165, 1.54) is 0 Å². The standard InChI is InChI=1S/C17H33N3O2S/c1-6-10-17(11-7-2,20-19-16(3,4)5)18-15(21)22-14-8-12-23-13-9-14/h14H,6-13H2,1-5H3,(H,18,21). The SMILES string of the molecule is CCCC(CCC)(N=NC(C)(C)C)NC(=O)OC1CCSCC1. The molecule has 1 heterocycles. The average molecular weight is 344 g/mol. The van der Waals surface area contributed by atoms with Gasteiger partial charge in [0, 0.05) is 0 Å². The number of alkyl carbamates (subject to hydrolysis) is 1. The number of rotatable bonds is 7. The van der Waals surface area contributed by atoms with Gasteiger partial charge in [-0.15, -0.1) is 0 Å². The highest BCUT2D eigenvalue weighted by Crippen LogP contribution is 2.25. The van der Waals surface area contributed by atoms with Crippen LogP contribution in [0.4, 0.5) is 4.79 Å². The third kappa shape index (κ3) is 8.04. The number of thioether (sulfide) groups is 1. The minimum atomic E-state index is -0.642. The lowest BCUT2D eigenvalue weighted by Crippen LogP contribution is -2.48. The Labute approximate surface area is 145 Å². The summed E-state index contributed by atoms with van der Waals surface area (Å²) in [5.74, 6) is 2.13. The van der Waals surface area contributed by atoms with Crippen LogP contribution in [-0.2, 0) is 4.74 Å². The maximum Gasteiger partial charge on any atom is 0.409 e. The van der Waals surface area contributed by atoms with E-state index in [1.807, 2.05) is 32.5 Å². The average Bonchev–Trinajstić information content (AvgIpc) is 2.46. The number of azo groups is 1. The zero-order chi connectivity index (χ0) is 17.3. The normalized spacial score (nSPS) is 17.4. The monoisotopic (exact) mass is 343 g/mol. The Bertz CT molecular complexity index is 382. The van der Waals surface area contributed by atoms with E-state index in [9.17, 15) is 4.79 Å². The molecule has 0 radical (unpaired) electrons. The van der Waals surface area contributed by atoms with Gasteiger partial charge in [-0.25, -0.2) is 4.79 Å². The highest BCUT2D eigenvalue weighted by molar-refractivity contribution is 7.99. The quantitative estimate of drug-likeness (QED) is 0.650. The zero-order valence-electron chi connectivity index (χ0n) is 15.4. The summed E-state index contributed by atoms with van der Waals surface area (Å²) >= 11 is 1.92. The van der Waals surface area contributed by atoms with Gasteiger partial charge in [0.25, 0.3) is 0 Å². The lowest BCUT2D eigenvalue weighted by molar-refractivity contribution is 0.0804. The summed E-state index contributed by atoms with van der Waals surface area (Å²) in [6.07, 6.45) is 4.99. The molecule has 0 atom stereocenters. The van der Waals surface area contributed by atoms with Crippen molar-refractivity contribution in [2.24, 2.45) is 10.2 Å². The van der Waals surface area contributed by atoms with Gasteiger partial charge in [-0.05, 0) is 58.0 Å². The van der Waals surface area contributed by atoms with Crippen molar-refractivity contribution in [2.75, 3.05) is 11.5 Å². The van der Waals surface area contributed by atoms with Crippen LogP contribution in [0.3, 0.4) is 0 Å². The van der Waals surface area contributed by atoms with Gasteiger partial charge >= 0.3 is 6.09 Å². The molecule has 1 aliphatic heterocycles. The number of hydrogen-bond acceptors (Lipinski definition) is 5. The summed E-state index contributed by atoms with van der Waals surface area (Å²) in [4.78, 5) is 12.4. The molecule has 1 amide bonds. The number of carbonyl (C=O) groups is 1. The molecule has 0 aromatic heterocycles. The third-order valence-electron chi connectivity index (χ3n) is 3.65. The van der Waals surface area contributed by atoms with E-state index in [0.717, 1.165) is 50.0 Å². The molecule has 0 aliphatic carbocycles. The Hall–Kier alpha value is -0.780. The molecule has 0 bridgehead atoms. The second-order valence-corrected chi connectivity index (χ2v) is 8.47. The van der Waals surface area contributed by atoms with Crippen molar-refractivity contribution in [2.45, 2.75) is 90.4 Å². The zero-order valence-corrected chi connectivity index (χ0v) is 16.2. The fourth-order valence-electron chi connectivity index (χ4n) is 2.61. The molecule has 1 aliphatic rings. The Morgan fingerprint density at radius 3 is 2.17 bits per heavy atom. The molecule has 0 aromatic rings. The molecule has 0 aromatic carbocycles. The maximum absolute atomic E-state index is 12.4. The van der Waals surface area contributed by atoms with E-state index in [1.54, 1.807) is 0 Å². The van der Waals surface area contributed by atoms with Crippen molar-refractivity contribution in [1.29, 1.82) is 0 Å². The second kappa shape index (κ2) is 9.50. The van der Waals surface area contributed by atoms with Crippen LogP contribution in [0.25, 0.3) is 0 Å². The van der Waals surface area contributed by atoms with Gasteiger partial charge in [0.1, 0.15) is 6.10 Å². The van der Waals surface area contributed by atoms with Crippen molar-refractivity contribution < 1.29 is 9.53 Å². The highest BCUT2D eigenvalue weighted by atomic mass is 32.2. The van der Waals surface area contributed by atoms with Gasteiger partial charge in [0.15, 0.2) is 5.66 Å². The van der Waals surface area contributed by atoms with Gasteiger partial charge in [0.05, 0.1) is 5.54 Å². The minimum Gasteiger partial charge on any atom is -0.446 e. The molecule has 0 saturated carbocycles. The summed E-state index contributed by atoms with van der Waals surface area (Å²) in [6, 6.07) is 0. The summed E-state index contributed by atoms with van der Waals surface area (Å²) in [5.41, 5.74) is -0.893. The van der Waals surface area contributed by atoms with Gasteiger partial charge < -0.3 is 4.74 Å². The van der Waals surface area contributed by atoms with Gasteiger partial charge in [-0.2, -0.15) is 22.0 Å². The number of hydrogen-bond donors (Lipinski definition) is 1. The predicted molar refractivity (Wildman–Crippen MR) is 97.1 cm³/mol. The first kappa shape index (κ1) is 20.3. The number of amides is 1. The van der Waals surface area contributed by atoms with E-state index in [2.05, 4.69) is 29.4 Å². The predicted octanol–water partition coefficient (Wildman–Crippen LogP) is 5.16. The fourth-order valence-corrected chi connectivity index (χ4v) is 3.68. The molecule has 5 nitrogen and oxygen atoms in total. The molecule has 1 saturated heterocycles. The Kier molecular flexibility index (Phi) is 8.37. The molecular weight excluding hydrogens is 310 g/mol. The van der Waals surface area contributed by atoms with Gasteiger partial charge in [-0.1, -0.05) is 26.7 Å². The first-order chi connectivity index (χ1) is 10.8. The van der Waals surface area contributed by atoms with Crippen molar-refractivity contribution in [3.05, 3.63) is 0 Å². The summed E-state index contributed by atoms with van der Waals surface area (Å²) in [6.45, 7) is 10.2. The van der Waals surface area contributed by atoms with Crippen LogP contribution in [0.2, 0.25) is 0 Å². The summed E-state index contributed by atoms with van der Waals surface area (Å²) in [7, 11) is 0. The van der Waals surface area contributed by atoms with Gasteiger partial charge in [-0.3, -0.25) is 5.32 Å². The molecular formula is C17H33N3O2S. The molecule has 134 valence electrons. The highest BCUT2D eigenvalue weighted by Gasteiger charge is 2.32. The van der Waals surface area contributed by atoms with Crippen LogP contribution in [0, 0.1) is 0 Å². The Morgan fingerprint density at radius 2 is 1.70 bits per heavy atom. The second-order valence-electron chi connectivity index (χ2n) is 7.24. The number of carbonyl (C=O) groups excluding carboxylic acids is 1. The maximum atomic E-state index is 12.4. The minimum absolute atomic E-state index is 0.0387. The Morgan fingerprint density at radius 1 is 1.13 bits per heavy atom. The van der Waals surface area contributed by atoms with E-state index in [4.69, 9.17) is 4.74 Å². The molecule has 0 unspecified atom stereocenters. The fraction of sp³-hybridized carbons (Fsp3) is 0.941. The van der Waals surface area contributed by atoms with E-state index < -0.39 is 5.66 Å². The van der Waals surface area contributed by atoms with Crippen molar-refractivity contribution in [3.8, 4) is 0 Å². The van der Waals surface area contributed by atoms with Crippen molar-refractivity contribution in [3.63, 3.8) is 0 Å². The molecule has 6 heteroatoms. The first-order valence-corrected chi connectivity index (χ1v) is 9.96. The van der Waals surface area contributed by atoms with Gasteiger partial charge in [0.2, 0.25) is 0 Å². The largest absolute Gasteiger partial charge is 0.446 e. The first-order valence-electron chi connectivity index (χ1n) is 8.81. The van der Waals surface area contributed by atoms with E-state index in [0.29, 0.717) is 0 Å². The molecule has 23 heavy (non-hydrogen) atoms. The van der Waals surface area contributed by atoms with Crippen LogP contribution in [0.1, 0.15) is 73.1 Å². The van der Waals surface area contributed by atoms with Crippen molar-refractivity contribution in [1.82, 2.24) is 5.32 Å². The number of ether oxygens (including phenoxy) is 1. The molecule has 1 fully saturated rings. The lowest BCUT2D eigenvalue weighted by Gasteiger charge is -2.31. The topological polar surface area (TPSA) is 63.0 Å². The summed E-state index contributed by atoms with van der Waals surface area (Å²) < 4.78 is 5.61.